The van der Waals surface area contributed by atoms with E-state index in [2.05, 4.69) is 0 Å². The van der Waals surface area contributed by atoms with Gasteiger partial charge in [-0.05, 0) is 23.5 Å². The molecule has 5 heteroatoms. The molecule has 1 aromatic carbocycles. The number of fused-ring (bicyclic) bond motifs is 1. The van der Waals surface area contributed by atoms with Gasteiger partial charge in [-0.3, -0.25) is 0 Å². The third-order valence-electron chi connectivity index (χ3n) is 2.56. The van der Waals surface area contributed by atoms with Crippen molar-refractivity contribution in [1.29, 1.82) is 0 Å². The molecule has 1 aliphatic rings. The van der Waals surface area contributed by atoms with Crippen molar-refractivity contribution in [2.24, 2.45) is 5.73 Å². The summed E-state index contributed by atoms with van der Waals surface area (Å²) in [7, 11) is -3.24. The number of hydrogen-bond donors (Lipinski definition) is 1. The molecule has 1 aromatic rings. The Morgan fingerprint density at radius 1 is 1.38 bits per heavy atom. The number of benzene rings is 1. The lowest BCUT2D eigenvalue weighted by Gasteiger charge is -2.08. The summed E-state index contributed by atoms with van der Waals surface area (Å²) in [5, 5.41) is 1.37. The van der Waals surface area contributed by atoms with Gasteiger partial charge in [-0.25, -0.2) is 8.42 Å². The topological polar surface area (TPSA) is 60.2 Å². The largest absolute Gasteiger partial charge is 0.326 e. The molecule has 1 heterocycles. The predicted octanol–water partition coefficient (Wildman–Crippen LogP) is 1.64. The van der Waals surface area contributed by atoms with Crippen molar-refractivity contribution in [3.8, 4) is 0 Å². The van der Waals surface area contributed by atoms with Crippen LogP contribution in [0, 0.1) is 0 Å². The molecule has 86 valence electrons. The summed E-state index contributed by atoms with van der Waals surface area (Å²) in [5.41, 5.74) is 8.23. The van der Waals surface area contributed by atoms with E-state index in [1.165, 1.54) is 5.41 Å². The number of nitrogens with two attached hydrogens (primary N) is 1. The molecule has 0 amide bonds. The maximum absolute atomic E-state index is 11.9. The minimum atomic E-state index is -3.24. The highest BCUT2D eigenvalue weighted by Gasteiger charge is 2.28. The summed E-state index contributed by atoms with van der Waals surface area (Å²) in [6.07, 6.45) is 1.95. The minimum Gasteiger partial charge on any atom is -0.326 e. The highest BCUT2D eigenvalue weighted by Crippen LogP contribution is 2.36. The van der Waals surface area contributed by atoms with E-state index in [0.717, 1.165) is 16.7 Å². The molecule has 0 saturated heterocycles. The van der Waals surface area contributed by atoms with Crippen LogP contribution < -0.4 is 5.73 Å². The van der Waals surface area contributed by atoms with Crippen molar-refractivity contribution >= 4 is 27.2 Å². The van der Waals surface area contributed by atoms with Crippen LogP contribution in [0.1, 0.15) is 11.1 Å². The molecular weight excluding hydrogens is 242 g/mol. The Labute approximate surface area is 99.6 Å². The number of sulfone groups is 1. The molecule has 0 bridgehead atoms. The zero-order chi connectivity index (χ0) is 11.8. The SMILES string of the molecule is CSCC1=CS(=O)(=O)c2cccc(CN)c21. The Kier molecular flexibility index (Phi) is 3.10. The smallest absolute Gasteiger partial charge is 0.200 e. The Morgan fingerprint density at radius 2 is 2.12 bits per heavy atom. The van der Waals surface area contributed by atoms with E-state index in [1.807, 2.05) is 12.3 Å². The van der Waals surface area contributed by atoms with E-state index >= 15 is 0 Å². The molecular formula is C11H13NO2S2. The molecule has 0 fully saturated rings. The lowest BCUT2D eigenvalue weighted by atomic mass is 10.0. The number of rotatable bonds is 3. The molecule has 0 unspecified atom stereocenters. The third kappa shape index (κ3) is 1.79. The lowest BCUT2D eigenvalue weighted by Crippen LogP contribution is -2.03. The van der Waals surface area contributed by atoms with Crippen molar-refractivity contribution in [2.75, 3.05) is 12.0 Å². The number of hydrogen-bond acceptors (Lipinski definition) is 4. The molecule has 0 radical (unpaired) electrons. The van der Waals surface area contributed by atoms with Crippen LogP contribution in [0.2, 0.25) is 0 Å². The second-order valence-corrected chi connectivity index (χ2v) is 6.25. The highest BCUT2D eigenvalue weighted by atomic mass is 32.2. The van der Waals surface area contributed by atoms with Gasteiger partial charge in [-0.1, -0.05) is 12.1 Å². The molecule has 3 nitrogen and oxygen atoms in total. The first-order chi connectivity index (χ1) is 7.60. The van der Waals surface area contributed by atoms with Crippen molar-refractivity contribution in [3.63, 3.8) is 0 Å². The van der Waals surface area contributed by atoms with Gasteiger partial charge >= 0.3 is 0 Å². The van der Waals surface area contributed by atoms with Gasteiger partial charge < -0.3 is 5.73 Å². The first-order valence-electron chi connectivity index (χ1n) is 4.87. The fraction of sp³-hybridized carbons (Fsp3) is 0.273. The van der Waals surface area contributed by atoms with Gasteiger partial charge in [0.1, 0.15) is 0 Å². The van der Waals surface area contributed by atoms with E-state index in [4.69, 9.17) is 5.73 Å². The average Bonchev–Trinajstić information content (AvgIpc) is 2.51. The summed E-state index contributed by atoms with van der Waals surface area (Å²) < 4.78 is 23.8. The maximum Gasteiger partial charge on any atom is 0.200 e. The van der Waals surface area contributed by atoms with Crippen LogP contribution in [0.25, 0.3) is 5.57 Å². The molecule has 2 rings (SSSR count). The summed E-state index contributed by atoms with van der Waals surface area (Å²) in [6, 6.07) is 5.27. The lowest BCUT2D eigenvalue weighted by molar-refractivity contribution is 0.605. The van der Waals surface area contributed by atoms with Crippen LogP contribution >= 0.6 is 11.8 Å². The third-order valence-corrected chi connectivity index (χ3v) is 4.71. The molecule has 2 N–H and O–H groups in total. The van der Waals surface area contributed by atoms with Crippen molar-refractivity contribution in [3.05, 3.63) is 34.7 Å². The van der Waals surface area contributed by atoms with E-state index < -0.39 is 9.84 Å². The van der Waals surface area contributed by atoms with Gasteiger partial charge in [0.05, 0.1) is 4.90 Å². The van der Waals surface area contributed by atoms with Crippen LogP contribution in [0.4, 0.5) is 0 Å². The molecule has 0 aliphatic carbocycles. The quantitative estimate of drug-likeness (QED) is 0.892. The molecule has 0 aromatic heterocycles. The zero-order valence-corrected chi connectivity index (χ0v) is 10.6. The minimum absolute atomic E-state index is 0.365. The van der Waals surface area contributed by atoms with Gasteiger partial charge in [-0.2, -0.15) is 11.8 Å². The first-order valence-corrected chi connectivity index (χ1v) is 7.81. The molecule has 1 aliphatic heterocycles. The van der Waals surface area contributed by atoms with Gasteiger partial charge in [0.25, 0.3) is 0 Å². The highest BCUT2D eigenvalue weighted by molar-refractivity contribution is 7.99. The Balaban J connectivity index is 2.67. The molecule has 0 saturated carbocycles. The first kappa shape index (κ1) is 11.7. The summed E-state index contributed by atoms with van der Waals surface area (Å²) in [4.78, 5) is 0.402. The molecule has 0 spiro atoms. The summed E-state index contributed by atoms with van der Waals surface area (Å²) in [5.74, 6) is 0.698. The fourth-order valence-corrected chi connectivity index (χ4v) is 4.08. The zero-order valence-electron chi connectivity index (χ0n) is 8.93. The maximum atomic E-state index is 11.9. The Hall–Kier alpha value is -0.780. The number of thioether (sulfide) groups is 1. The fourth-order valence-electron chi connectivity index (χ4n) is 1.92. The van der Waals surface area contributed by atoms with Crippen molar-refractivity contribution in [1.82, 2.24) is 0 Å². The summed E-state index contributed by atoms with van der Waals surface area (Å²) in [6.45, 7) is 0.365. The standard InChI is InChI=1S/C11H13NO2S2/c1-15-6-9-7-16(13,14)10-4-2-3-8(5-12)11(9)10/h2-4,7H,5-6,12H2,1H3. The van der Waals surface area contributed by atoms with E-state index in [0.29, 0.717) is 17.2 Å². The normalized spacial score (nSPS) is 17.0. The Morgan fingerprint density at radius 3 is 2.75 bits per heavy atom. The van der Waals surface area contributed by atoms with Gasteiger partial charge in [0.15, 0.2) is 0 Å². The van der Waals surface area contributed by atoms with Crippen LogP contribution in [0.15, 0.2) is 28.5 Å². The van der Waals surface area contributed by atoms with Gasteiger partial charge in [-0.15, -0.1) is 0 Å². The van der Waals surface area contributed by atoms with Gasteiger partial charge in [0, 0.05) is 23.3 Å². The molecule has 0 atom stereocenters. The monoisotopic (exact) mass is 255 g/mol. The average molecular weight is 255 g/mol. The van der Waals surface area contributed by atoms with Crippen LogP contribution in [-0.2, 0) is 16.4 Å². The van der Waals surface area contributed by atoms with Crippen molar-refractivity contribution < 1.29 is 8.42 Å². The van der Waals surface area contributed by atoms with Crippen LogP contribution in [-0.4, -0.2) is 20.4 Å². The van der Waals surface area contributed by atoms with Crippen LogP contribution in [0.3, 0.4) is 0 Å². The van der Waals surface area contributed by atoms with E-state index in [1.54, 1.807) is 23.9 Å². The van der Waals surface area contributed by atoms with Crippen molar-refractivity contribution in [2.45, 2.75) is 11.4 Å². The van der Waals surface area contributed by atoms with E-state index in [9.17, 15) is 8.42 Å². The summed E-state index contributed by atoms with van der Waals surface area (Å²) >= 11 is 1.61. The molecule has 16 heavy (non-hydrogen) atoms. The van der Waals surface area contributed by atoms with Crippen LogP contribution in [0.5, 0.6) is 0 Å². The van der Waals surface area contributed by atoms with Gasteiger partial charge in [0.2, 0.25) is 9.84 Å². The van der Waals surface area contributed by atoms with E-state index in [-0.39, 0.29) is 0 Å². The second-order valence-electron chi connectivity index (χ2n) is 3.62. The predicted molar refractivity (Wildman–Crippen MR) is 67.9 cm³/mol. The Bertz CT molecular complexity index is 547. The second kappa shape index (κ2) is 4.24.